The van der Waals surface area contributed by atoms with Crippen LogP contribution in [0.5, 0.6) is 0 Å². The molecule has 0 fully saturated rings. The predicted molar refractivity (Wildman–Crippen MR) is 118 cm³/mol. The molecule has 0 atom stereocenters. The third-order valence-electron chi connectivity index (χ3n) is 5.78. The highest BCUT2D eigenvalue weighted by molar-refractivity contribution is 5.62. The van der Waals surface area contributed by atoms with Crippen LogP contribution in [-0.4, -0.2) is 14.8 Å². The molecule has 3 heteroatoms. The zero-order chi connectivity index (χ0) is 20.3. The van der Waals surface area contributed by atoms with E-state index < -0.39 is 0 Å². The van der Waals surface area contributed by atoms with Crippen LogP contribution in [0.2, 0.25) is 0 Å². The molecular weight excluding hydrogens is 342 g/mol. The van der Waals surface area contributed by atoms with Crippen LogP contribution in [0.4, 0.5) is 0 Å². The third kappa shape index (κ3) is 3.89. The zero-order valence-corrected chi connectivity index (χ0v) is 18.2. The lowest BCUT2D eigenvalue weighted by Crippen LogP contribution is -2.22. The Hall–Kier alpha value is -2.42. The number of hydrogen-bond acceptors (Lipinski definition) is 2. The second-order valence-electron chi connectivity index (χ2n) is 8.47. The Balaban J connectivity index is 2.24. The van der Waals surface area contributed by atoms with Crippen LogP contribution in [0.25, 0.3) is 17.1 Å². The Morgan fingerprint density at radius 3 is 2.14 bits per heavy atom. The van der Waals surface area contributed by atoms with Gasteiger partial charge in [0.15, 0.2) is 5.82 Å². The molecule has 0 aliphatic carbocycles. The second kappa shape index (κ2) is 8.30. The monoisotopic (exact) mass is 375 g/mol. The molecule has 0 spiro atoms. The minimum atomic E-state index is -0.0558. The quantitative estimate of drug-likeness (QED) is 0.467. The minimum Gasteiger partial charge on any atom is -0.278 e. The molecule has 3 aromatic rings. The number of aromatic nitrogens is 3. The number of benzene rings is 2. The number of rotatable bonds is 7. The molecule has 0 N–H and O–H groups in total. The molecule has 0 saturated heterocycles. The Bertz CT molecular complexity index is 913. The van der Waals surface area contributed by atoms with Gasteiger partial charge in [0.25, 0.3) is 0 Å². The average molecular weight is 376 g/mol. The van der Waals surface area contributed by atoms with E-state index in [0.29, 0.717) is 0 Å². The molecule has 0 bridgehead atoms. The summed E-state index contributed by atoms with van der Waals surface area (Å²) in [5.41, 5.74) is 6.26. The fourth-order valence-electron chi connectivity index (χ4n) is 3.79. The van der Waals surface area contributed by atoms with Crippen molar-refractivity contribution >= 4 is 0 Å². The summed E-state index contributed by atoms with van der Waals surface area (Å²) in [5.74, 6) is 1.95. The van der Waals surface area contributed by atoms with Gasteiger partial charge in [-0.05, 0) is 49.8 Å². The van der Waals surface area contributed by atoms with Crippen molar-refractivity contribution in [1.82, 2.24) is 14.8 Å². The van der Waals surface area contributed by atoms with Gasteiger partial charge in [-0.2, -0.15) is 0 Å². The van der Waals surface area contributed by atoms with Crippen LogP contribution in [0, 0.1) is 13.8 Å². The van der Waals surface area contributed by atoms with Crippen LogP contribution in [-0.2, 0) is 11.8 Å². The van der Waals surface area contributed by atoms with Gasteiger partial charge >= 0.3 is 0 Å². The summed E-state index contributed by atoms with van der Waals surface area (Å²) in [6.07, 6.45) is 4.60. The van der Waals surface area contributed by atoms with Gasteiger partial charge in [0.2, 0.25) is 0 Å². The smallest absolute Gasteiger partial charge is 0.168 e. The maximum Gasteiger partial charge on any atom is 0.168 e. The van der Waals surface area contributed by atoms with Crippen molar-refractivity contribution in [3.8, 4) is 17.1 Å². The lowest BCUT2D eigenvalue weighted by molar-refractivity contribution is 0.464. The van der Waals surface area contributed by atoms with E-state index in [1.54, 1.807) is 0 Å². The fraction of sp³-hybridized carbons (Fsp3) is 0.440. The summed E-state index contributed by atoms with van der Waals surface area (Å²) < 4.78 is 2.30. The molecule has 1 aromatic heterocycles. The molecule has 0 unspecified atom stereocenters. The van der Waals surface area contributed by atoms with Gasteiger partial charge in [-0.25, -0.2) is 0 Å². The first-order valence-corrected chi connectivity index (χ1v) is 10.5. The molecule has 28 heavy (non-hydrogen) atoms. The van der Waals surface area contributed by atoms with Crippen LogP contribution in [0.15, 0.2) is 42.5 Å². The Labute approximate surface area is 169 Å². The first kappa shape index (κ1) is 20.3. The Morgan fingerprint density at radius 1 is 0.929 bits per heavy atom. The fourth-order valence-corrected chi connectivity index (χ4v) is 3.79. The third-order valence-corrected chi connectivity index (χ3v) is 5.78. The van der Waals surface area contributed by atoms with Crippen molar-refractivity contribution in [2.45, 2.75) is 72.6 Å². The highest BCUT2D eigenvalue weighted by Gasteiger charge is 2.29. The van der Waals surface area contributed by atoms with Crippen molar-refractivity contribution in [2.24, 2.45) is 0 Å². The Kier molecular flexibility index (Phi) is 6.02. The normalized spacial score (nSPS) is 11.8. The summed E-state index contributed by atoms with van der Waals surface area (Å²) in [5, 5.41) is 9.32. The molecule has 0 amide bonds. The number of nitrogens with zero attached hydrogens (tertiary/aromatic N) is 3. The molecule has 1 heterocycles. The highest BCUT2D eigenvalue weighted by Crippen LogP contribution is 2.34. The maximum atomic E-state index is 4.68. The van der Waals surface area contributed by atoms with E-state index >= 15 is 0 Å². The molecule has 2 aromatic carbocycles. The highest BCUT2D eigenvalue weighted by atomic mass is 15.3. The lowest BCUT2D eigenvalue weighted by atomic mass is 9.88. The van der Waals surface area contributed by atoms with Crippen LogP contribution < -0.4 is 0 Å². The van der Waals surface area contributed by atoms with E-state index in [1.165, 1.54) is 35.2 Å². The van der Waals surface area contributed by atoms with E-state index in [-0.39, 0.29) is 5.41 Å². The maximum absolute atomic E-state index is 4.68. The van der Waals surface area contributed by atoms with Crippen molar-refractivity contribution in [2.75, 3.05) is 0 Å². The molecule has 3 rings (SSSR count). The molecule has 3 nitrogen and oxygen atoms in total. The lowest BCUT2D eigenvalue weighted by Gasteiger charge is -2.25. The average Bonchev–Trinajstić information content (AvgIpc) is 3.12. The predicted octanol–water partition coefficient (Wildman–Crippen LogP) is 6.58. The standard InChI is InChI=1S/C25H33N3/c1-7-9-13-20-16-18(3)22(19(4)17-20)28-23(21-14-11-10-12-15-21)26-27-24(28)25(5,6)8-2/h10-12,14-17H,7-9,13H2,1-6H3. The van der Waals surface area contributed by atoms with Gasteiger partial charge in [-0.1, -0.05) is 76.6 Å². The molecule has 0 aliphatic rings. The SMILES string of the molecule is CCCCc1cc(C)c(-n2c(-c3ccccc3)nnc2C(C)(C)CC)c(C)c1. The van der Waals surface area contributed by atoms with Gasteiger partial charge in [-0.3, -0.25) is 4.57 Å². The van der Waals surface area contributed by atoms with Crippen LogP contribution in [0.3, 0.4) is 0 Å². The summed E-state index contributed by atoms with van der Waals surface area (Å²) in [6.45, 7) is 13.4. The number of hydrogen-bond donors (Lipinski definition) is 0. The van der Waals surface area contributed by atoms with Crippen molar-refractivity contribution in [1.29, 1.82) is 0 Å². The van der Waals surface area contributed by atoms with E-state index in [0.717, 1.165) is 30.1 Å². The van der Waals surface area contributed by atoms with Crippen LogP contribution >= 0.6 is 0 Å². The summed E-state index contributed by atoms with van der Waals surface area (Å²) in [7, 11) is 0. The summed E-state index contributed by atoms with van der Waals surface area (Å²) in [6, 6.07) is 15.1. The molecule has 148 valence electrons. The minimum absolute atomic E-state index is 0.0558. The van der Waals surface area contributed by atoms with E-state index in [4.69, 9.17) is 0 Å². The summed E-state index contributed by atoms with van der Waals surface area (Å²) >= 11 is 0. The first-order chi connectivity index (χ1) is 13.4. The zero-order valence-electron chi connectivity index (χ0n) is 18.2. The first-order valence-electron chi connectivity index (χ1n) is 10.5. The molecular formula is C25H33N3. The molecule has 0 saturated carbocycles. The van der Waals surface area contributed by atoms with Crippen molar-refractivity contribution < 1.29 is 0 Å². The second-order valence-corrected chi connectivity index (χ2v) is 8.47. The van der Waals surface area contributed by atoms with Crippen LogP contribution in [0.1, 0.15) is 69.5 Å². The van der Waals surface area contributed by atoms with E-state index in [9.17, 15) is 0 Å². The van der Waals surface area contributed by atoms with Gasteiger partial charge in [0.05, 0.1) is 5.69 Å². The van der Waals surface area contributed by atoms with Gasteiger partial charge in [0, 0.05) is 11.0 Å². The van der Waals surface area contributed by atoms with E-state index in [1.807, 2.05) is 6.07 Å². The Morgan fingerprint density at radius 2 is 1.57 bits per heavy atom. The number of aryl methyl sites for hydroxylation is 3. The van der Waals surface area contributed by atoms with Gasteiger partial charge < -0.3 is 0 Å². The number of unbranched alkanes of at least 4 members (excludes halogenated alkanes) is 1. The topological polar surface area (TPSA) is 30.7 Å². The van der Waals surface area contributed by atoms with Gasteiger partial charge in [-0.15, -0.1) is 10.2 Å². The van der Waals surface area contributed by atoms with Gasteiger partial charge in [0.1, 0.15) is 5.82 Å². The summed E-state index contributed by atoms with van der Waals surface area (Å²) in [4.78, 5) is 0. The van der Waals surface area contributed by atoms with Crippen molar-refractivity contribution in [3.05, 3.63) is 65.0 Å². The van der Waals surface area contributed by atoms with Crippen molar-refractivity contribution in [3.63, 3.8) is 0 Å². The molecule has 0 radical (unpaired) electrons. The largest absolute Gasteiger partial charge is 0.278 e. The van der Waals surface area contributed by atoms with E-state index in [2.05, 4.69) is 92.7 Å². The molecule has 0 aliphatic heterocycles.